The zero-order valence-electron chi connectivity index (χ0n) is 24.8. The lowest BCUT2D eigenvalue weighted by Crippen LogP contribution is -2.49. The van der Waals surface area contributed by atoms with Gasteiger partial charge in [-0.2, -0.15) is 9.03 Å². The van der Waals surface area contributed by atoms with E-state index in [1.54, 1.807) is 50.4 Å². The van der Waals surface area contributed by atoms with Crippen LogP contribution in [0.2, 0.25) is 0 Å². The number of carbonyl (C=O) groups is 2. The number of aromatic nitrogens is 1. The van der Waals surface area contributed by atoms with Crippen LogP contribution in [0.5, 0.6) is 0 Å². The molecule has 1 aliphatic rings. The number of pyridine rings is 1. The maximum atomic E-state index is 13.1. The van der Waals surface area contributed by atoms with Gasteiger partial charge in [0.05, 0.1) is 28.5 Å². The van der Waals surface area contributed by atoms with Crippen LogP contribution in [0.3, 0.4) is 0 Å². The number of carboxylic acids is 1. The average Bonchev–Trinajstić information content (AvgIpc) is 3.37. The molecule has 1 amide bonds. The van der Waals surface area contributed by atoms with E-state index in [1.807, 2.05) is 13.8 Å². The molecule has 1 saturated heterocycles. The van der Waals surface area contributed by atoms with Crippen molar-refractivity contribution in [3.8, 4) is 0 Å². The van der Waals surface area contributed by atoms with Crippen LogP contribution >= 0.6 is 0 Å². The van der Waals surface area contributed by atoms with Gasteiger partial charge in [0.15, 0.2) is 0 Å². The van der Waals surface area contributed by atoms with E-state index in [9.17, 15) is 31.5 Å². The summed E-state index contributed by atoms with van der Waals surface area (Å²) in [5.41, 5.74) is 8.78. The molecule has 2 aromatic rings. The van der Waals surface area contributed by atoms with Crippen molar-refractivity contribution in [2.24, 2.45) is 5.73 Å². The predicted octanol–water partition coefficient (Wildman–Crippen LogP) is 1.14. The molecule has 238 valence electrons. The molecule has 0 bridgehead atoms. The van der Waals surface area contributed by atoms with E-state index in [4.69, 9.17) is 10.5 Å². The van der Waals surface area contributed by atoms with E-state index in [0.717, 1.165) is 5.56 Å². The van der Waals surface area contributed by atoms with Gasteiger partial charge < -0.3 is 20.9 Å². The number of carbonyl (C=O) groups excluding carboxylic acids is 1. The standard InChI is InChI=1S/C28H41N5O8S2/c1-5-6-11-42(37,38)33-16-21(14-24(33)26(29)22-9-7-8-10-30-22)41-17-25(34)31-15-23(28(35)36)32-43(39,40)27-19(3)12-18(2)13-20(27)4/h7-10,12-13,21,23-24,26,32H,5-6,11,14-17,29H2,1-4H3,(H,31,34)(H,35,36). The molecule has 0 radical (unpaired) electrons. The number of nitrogens with zero attached hydrogens (tertiary/aromatic N) is 2. The van der Waals surface area contributed by atoms with Crippen LogP contribution in [-0.4, -0.2) is 86.7 Å². The Bertz CT molecular complexity index is 1480. The van der Waals surface area contributed by atoms with Gasteiger partial charge in [-0.25, -0.2) is 16.8 Å². The van der Waals surface area contributed by atoms with Crippen molar-refractivity contribution in [2.45, 2.75) is 76.1 Å². The van der Waals surface area contributed by atoms with Crippen LogP contribution in [0.1, 0.15) is 54.6 Å². The zero-order valence-corrected chi connectivity index (χ0v) is 26.4. The summed E-state index contributed by atoms with van der Waals surface area (Å²) in [6, 6.07) is 5.59. The SMILES string of the molecule is CCCCS(=O)(=O)N1CC(OCC(=O)NCC(NS(=O)(=O)c2c(C)cc(C)cc2C)C(=O)O)CC1C(N)c1ccccn1. The summed E-state index contributed by atoms with van der Waals surface area (Å²) in [6.45, 7) is 5.94. The van der Waals surface area contributed by atoms with Crippen molar-refractivity contribution in [1.29, 1.82) is 0 Å². The van der Waals surface area contributed by atoms with Crippen LogP contribution < -0.4 is 15.8 Å². The fourth-order valence-corrected chi connectivity index (χ4v) is 8.81. The Morgan fingerprint density at radius 3 is 2.42 bits per heavy atom. The van der Waals surface area contributed by atoms with Crippen molar-refractivity contribution in [2.75, 3.05) is 25.4 Å². The van der Waals surface area contributed by atoms with Crippen LogP contribution in [-0.2, 0) is 34.4 Å². The van der Waals surface area contributed by atoms with Gasteiger partial charge >= 0.3 is 5.97 Å². The molecule has 4 unspecified atom stereocenters. The number of aryl methyl sites for hydroxylation is 3. The third-order valence-electron chi connectivity index (χ3n) is 7.24. The molecule has 43 heavy (non-hydrogen) atoms. The van der Waals surface area contributed by atoms with Gasteiger partial charge in [0.2, 0.25) is 26.0 Å². The number of rotatable bonds is 15. The van der Waals surface area contributed by atoms with Crippen LogP contribution in [0.25, 0.3) is 0 Å². The van der Waals surface area contributed by atoms with Gasteiger partial charge in [0.1, 0.15) is 12.6 Å². The second kappa shape index (κ2) is 14.7. The molecular weight excluding hydrogens is 598 g/mol. The Labute approximate surface area is 253 Å². The van der Waals surface area contributed by atoms with E-state index in [0.29, 0.717) is 29.7 Å². The summed E-state index contributed by atoms with van der Waals surface area (Å²) in [5, 5.41) is 12.0. The molecule has 2 heterocycles. The quantitative estimate of drug-likeness (QED) is 0.219. The lowest BCUT2D eigenvalue weighted by atomic mass is 10.0. The largest absolute Gasteiger partial charge is 0.480 e. The number of nitrogens with two attached hydrogens (primary N) is 1. The third-order valence-corrected chi connectivity index (χ3v) is 11.0. The first-order valence-electron chi connectivity index (χ1n) is 14.0. The maximum Gasteiger partial charge on any atom is 0.323 e. The van der Waals surface area contributed by atoms with Gasteiger partial charge in [0.25, 0.3) is 0 Å². The third kappa shape index (κ3) is 9.03. The monoisotopic (exact) mass is 639 g/mol. The molecular formula is C28H41N5O8S2. The highest BCUT2D eigenvalue weighted by molar-refractivity contribution is 7.89. The zero-order chi connectivity index (χ0) is 31.9. The molecule has 3 rings (SSSR count). The maximum absolute atomic E-state index is 13.1. The molecule has 0 spiro atoms. The number of aliphatic carboxylic acids is 1. The number of carboxylic acid groups (broad SMARTS) is 1. The van der Waals surface area contributed by atoms with Crippen molar-refractivity contribution >= 4 is 31.9 Å². The number of sulfonamides is 2. The number of nitrogens with one attached hydrogen (secondary N) is 2. The van der Waals surface area contributed by atoms with Crippen LogP contribution in [0.4, 0.5) is 0 Å². The molecule has 13 nitrogen and oxygen atoms in total. The highest BCUT2D eigenvalue weighted by atomic mass is 32.2. The van der Waals surface area contributed by atoms with E-state index in [-0.39, 0.29) is 23.6 Å². The summed E-state index contributed by atoms with van der Waals surface area (Å²) < 4.78 is 61.6. The Balaban J connectivity index is 1.64. The molecule has 4 atom stereocenters. The van der Waals surface area contributed by atoms with Crippen molar-refractivity contribution in [3.63, 3.8) is 0 Å². The fourth-order valence-electron chi connectivity index (χ4n) is 5.25. The number of ether oxygens (including phenoxy) is 1. The number of hydrogen-bond donors (Lipinski definition) is 4. The molecule has 1 aliphatic heterocycles. The second-order valence-electron chi connectivity index (χ2n) is 10.8. The number of benzene rings is 1. The van der Waals surface area contributed by atoms with E-state index >= 15 is 0 Å². The Kier molecular flexibility index (Phi) is 11.8. The van der Waals surface area contributed by atoms with E-state index < -0.39 is 69.3 Å². The highest BCUT2D eigenvalue weighted by Gasteiger charge is 2.43. The molecule has 1 aromatic heterocycles. The molecule has 15 heteroatoms. The first kappa shape index (κ1) is 34.5. The first-order valence-corrected chi connectivity index (χ1v) is 17.1. The van der Waals surface area contributed by atoms with Gasteiger partial charge in [-0.15, -0.1) is 0 Å². The Hall–Kier alpha value is -2.95. The normalized spacial score (nSPS) is 19.2. The van der Waals surface area contributed by atoms with Crippen molar-refractivity contribution in [3.05, 3.63) is 58.9 Å². The Morgan fingerprint density at radius 2 is 1.84 bits per heavy atom. The summed E-state index contributed by atoms with van der Waals surface area (Å²) in [7, 11) is -7.87. The molecule has 0 aliphatic carbocycles. The predicted molar refractivity (Wildman–Crippen MR) is 160 cm³/mol. The Morgan fingerprint density at radius 1 is 1.16 bits per heavy atom. The lowest BCUT2D eigenvalue weighted by molar-refractivity contribution is -0.139. The lowest BCUT2D eigenvalue weighted by Gasteiger charge is -2.28. The van der Waals surface area contributed by atoms with Crippen LogP contribution in [0, 0.1) is 20.8 Å². The molecule has 1 aromatic carbocycles. The topological polar surface area (TPSA) is 198 Å². The van der Waals surface area contributed by atoms with Crippen molar-refractivity contribution < 1.29 is 36.3 Å². The fraction of sp³-hybridized carbons (Fsp3) is 0.536. The van der Waals surface area contributed by atoms with E-state index in [1.165, 1.54) is 4.31 Å². The van der Waals surface area contributed by atoms with Gasteiger partial charge in [-0.3, -0.25) is 14.6 Å². The minimum absolute atomic E-state index is 0.00265. The van der Waals surface area contributed by atoms with Gasteiger partial charge in [0, 0.05) is 25.3 Å². The summed E-state index contributed by atoms with van der Waals surface area (Å²) >= 11 is 0. The van der Waals surface area contributed by atoms with Crippen LogP contribution in [0.15, 0.2) is 41.4 Å². The molecule has 1 fully saturated rings. The average molecular weight is 640 g/mol. The second-order valence-corrected chi connectivity index (χ2v) is 14.5. The summed E-state index contributed by atoms with van der Waals surface area (Å²) in [6.07, 6.45) is 2.33. The molecule has 0 saturated carbocycles. The number of unbranched alkanes of at least 4 members (excludes halogenated alkanes) is 1. The minimum atomic E-state index is -4.21. The summed E-state index contributed by atoms with van der Waals surface area (Å²) in [5.74, 6) is -2.20. The smallest absolute Gasteiger partial charge is 0.323 e. The summed E-state index contributed by atoms with van der Waals surface area (Å²) in [4.78, 5) is 28.7. The van der Waals surface area contributed by atoms with E-state index in [2.05, 4.69) is 15.0 Å². The van der Waals surface area contributed by atoms with Gasteiger partial charge in [-0.1, -0.05) is 37.1 Å². The number of amides is 1. The van der Waals surface area contributed by atoms with Crippen molar-refractivity contribution in [1.82, 2.24) is 19.3 Å². The molecule has 5 N–H and O–H groups in total. The first-order chi connectivity index (χ1) is 20.2. The number of hydrogen-bond acceptors (Lipinski definition) is 9. The van der Waals surface area contributed by atoms with Gasteiger partial charge in [-0.05, 0) is 56.9 Å². The highest BCUT2D eigenvalue weighted by Crippen LogP contribution is 2.31. The minimum Gasteiger partial charge on any atom is -0.480 e.